The highest BCUT2D eigenvalue weighted by molar-refractivity contribution is 5.91. The molecule has 0 atom stereocenters. The topological polar surface area (TPSA) is 98.1 Å². The lowest BCUT2D eigenvalue weighted by Gasteiger charge is -2.18. The Bertz CT molecular complexity index is 747. The molecule has 0 bridgehead atoms. The molecule has 0 aliphatic carbocycles. The van der Waals surface area contributed by atoms with Crippen LogP contribution >= 0.6 is 24.8 Å². The van der Waals surface area contributed by atoms with E-state index in [2.05, 4.69) is 35.2 Å². The molecule has 9 nitrogen and oxygen atoms in total. The number of fused-ring (bicyclic) bond motifs is 1. The second-order valence-electron chi connectivity index (χ2n) is 6.82. The minimum absolute atomic E-state index is 0. The monoisotopic (exact) mass is 432 g/mol. The summed E-state index contributed by atoms with van der Waals surface area (Å²) in [6.45, 7) is 7.14. The average Bonchev–Trinajstić information content (AvgIpc) is 3.16. The summed E-state index contributed by atoms with van der Waals surface area (Å²) in [6, 6.07) is 2.11. The fourth-order valence-electron chi connectivity index (χ4n) is 3.31. The van der Waals surface area contributed by atoms with Crippen molar-refractivity contribution in [2.75, 3.05) is 26.7 Å². The number of aryl methyl sites for hydroxylation is 1. The van der Waals surface area contributed by atoms with Gasteiger partial charge in [0, 0.05) is 26.2 Å². The van der Waals surface area contributed by atoms with Gasteiger partial charge in [0.2, 0.25) is 0 Å². The maximum absolute atomic E-state index is 12.8. The summed E-state index contributed by atoms with van der Waals surface area (Å²) in [5.74, 6) is -0.0902. The van der Waals surface area contributed by atoms with Gasteiger partial charge in [-0.1, -0.05) is 12.1 Å². The number of amides is 1. The molecule has 28 heavy (non-hydrogen) atoms. The van der Waals surface area contributed by atoms with Gasteiger partial charge in [-0.3, -0.25) is 14.2 Å². The van der Waals surface area contributed by atoms with E-state index in [1.54, 1.807) is 10.9 Å². The Morgan fingerprint density at radius 2 is 2.11 bits per heavy atom. The first-order valence-corrected chi connectivity index (χ1v) is 9.24. The first kappa shape index (κ1) is 24.4. The van der Waals surface area contributed by atoms with Crippen molar-refractivity contribution in [2.45, 2.75) is 45.9 Å². The van der Waals surface area contributed by atoms with Crippen molar-refractivity contribution in [1.82, 2.24) is 34.6 Å². The molecular weight excluding hydrogens is 403 g/mol. The smallest absolute Gasteiger partial charge is 0.276 e. The quantitative estimate of drug-likeness (QED) is 0.704. The molecular formula is C17H30Cl2N8O. The molecule has 2 aromatic heterocycles. The van der Waals surface area contributed by atoms with E-state index in [0.717, 1.165) is 43.9 Å². The molecule has 3 rings (SSSR count). The summed E-state index contributed by atoms with van der Waals surface area (Å²) in [6.07, 6.45) is 3.67. The van der Waals surface area contributed by atoms with Crippen LogP contribution < -0.4 is 5.73 Å². The summed E-state index contributed by atoms with van der Waals surface area (Å²) in [5, 5.41) is 12.7. The van der Waals surface area contributed by atoms with E-state index in [9.17, 15) is 4.79 Å². The Morgan fingerprint density at radius 3 is 2.82 bits per heavy atom. The highest BCUT2D eigenvalue weighted by atomic mass is 35.5. The van der Waals surface area contributed by atoms with Gasteiger partial charge < -0.3 is 15.5 Å². The predicted molar refractivity (Wildman–Crippen MR) is 112 cm³/mol. The van der Waals surface area contributed by atoms with Crippen molar-refractivity contribution in [3.05, 3.63) is 29.3 Å². The third-order valence-electron chi connectivity index (χ3n) is 4.51. The molecule has 11 heteroatoms. The predicted octanol–water partition coefficient (Wildman–Crippen LogP) is 1.16. The van der Waals surface area contributed by atoms with Gasteiger partial charge in [-0.05, 0) is 32.5 Å². The molecule has 0 fully saturated rings. The van der Waals surface area contributed by atoms with Gasteiger partial charge in [-0.15, -0.1) is 29.9 Å². The zero-order chi connectivity index (χ0) is 18.5. The summed E-state index contributed by atoms with van der Waals surface area (Å²) in [4.78, 5) is 16.9. The average molecular weight is 433 g/mol. The second-order valence-corrected chi connectivity index (χ2v) is 6.82. The lowest BCUT2D eigenvalue weighted by atomic mass is 10.3. The van der Waals surface area contributed by atoms with Crippen LogP contribution in [0.2, 0.25) is 0 Å². The molecule has 158 valence electrons. The van der Waals surface area contributed by atoms with E-state index in [1.165, 1.54) is 0 Å². The van der Waals surface area contributed by atoms with Crippen LogP contribution in [-0.2, 0) is 26.2 Å². The molecule has 3 heterocycles. The summed E-state index contributed by atoms with van der Waals surface area (Å²) < 4.78 is 3.64. The Kier molecular flexibility index (Phi) is 9.88. The number of nitrogens with zero attached hydrogens (tertiary/aromatic N) is 7. The van der Waals surface area contributed by atoms with Crippen LogP contribution in [0.15, 0.2) is 12.3 Å². The second kappa shape index (κ2) is 11.4. The molecule has 0 aromatic carbocycles. The minimum Gasteiger partial charge on any atom is -0.331 e. The number of hydrogen-bond donors (Lipinski definition) is 1. The standard InChI is InChI=1S/C17H28N8O.2ClH/c1-3-6-22(2)11-14-10-15-12-23(7-4-8-25(15)20-14)17(26)16-13-24(9-5-18)21-19-16;;/h10,13H,3-9,11-12,18H2,1-2H3;2*1H. The van der Waals surface area contributed by atoms with Crippen LogP contribution in [-0.4, -0.2) is 67.2 Å². The molecule has 0 unspecified atom stereocenters. The Balaban J connectivity index is 0.00000196. The fraction of sp³-hybridized carbons (Fsp3) is 0.647. The molecule has 1 amide bonds. The van der Waals surface area contributed by atoms with E-state index in [0.29, 0.717) is 31.9 Å². The van der Waals surface area contributed by atoms with Gasteiger partial charge in [0.15, 0.2) is 5.69 Å². The molecule has 1 aliphatic rings. The third kappa shape index (κ3) is 5.91. The van der Waals surface area contributed by atoms with Gasteiger partial charge in [0.1, 0.15) is 0 Å². The summed E-state index contributed by atoms with van der Waals surface area (Å²) >= 11 is 0. The maximum Gasteiger partial charge on any atom is 0.276 e. The van der Waals surface area contributed by atoms with Crippen LogP contribution in [0.3, 0.4) is 0 Å². The third-order valence-corrected chi connectivity index (χ3v) is 4.51. The molecule has 0 spiro atoms. The first-order chi connectivity index (χ1) is 12.6. The van der Waals surface area contributed by atoms with Crippen LogP contribution in [0, 0.1) is 0 Å². The van der Waals surface area contributed by atoms with E-state index in [4.69, 9.17) is 10.8 Å². The lowest BCUT2D eigenvalue weighted by Crippen LogP contribution is -2.31. The van der Waals surface area contributed by atoms with E-state index >= 15 is 0 Å². The van der Waals surface area contributed by atoms with Crippen molar-refractivity contribution in [1.29, 1.82) is 0 Å². The van der Waals surface area contributed by atoms with Gasteiger partial charge in [-0.25, -0.2) is 0 Å². The molecule has 0 radical (unpaired) electrons. The lowest BCUT2D eigenvalue weighted by molar-refractivity contribution is 0.0739. The number of hydrogen-bond acceptors (Lipinski definition) is 6. The summed E-state index contributed by atoms with van der Waals surface area (Å²) in [5.41, 5.74) is 8.02. The highest BCUT2D eigenvalue weighted by Gasteiger charge is 2.23. The van der Waals surface area contributed by atoms with Crippen molar-refractivity contribution < 1.29 is 4.79 Å². The number of carbonyl (C=O) groups excluding carboxylic acids is 1. The number of aromatic nitrogens is 5. The Labute approximate surface area is 178 Å². The van der Waals surface area contributed by atoms with Crippen LogP contribution in [0.4, 0.5) is 0 Å². The number of nitrogens with two attached hydrogens (primary N) is 1. The fourth-order valence-corrected chi connectivity index (χ4v) is 3.31. The van der Waals surface area contributed by atoms with Gasteiger partial charge in [0.25, 0.3) is 5.91 Å². The molecule has 2 N–H and O–H groups in total. The van der Waals surface area contributed by atoms with Crippen molar-refractivity contribution >= 4 is 30.7 Å². The van der Waals surface area contributed by atoms with Gasteiger partial charge in [-0.2, -0.15) is 5.10 Å². The maximum atomic E-state index is 12.8. The van der Waals surface area contributed by atoms with E-state index in [-0.39, 0.29) is 30.7 Å². The van der Waals surface area contributed by atoms with Crippen molar-refractivity contribution in [2.24, 2.45) is 5.73 Å². The molecule has 0 saturated carbocycles. The van der Waals surface area contributed by atoms with E-state index < -0.39 is 0 Å². The van der Waals surface area contributed by atoms with Crippen molar-refractivity contribution in [3.63, 3.8) is 0 Å². The Morgan fingerprint density at radius 1 is 1.32 bits per heavy atom. The van der Waals surface area contributed by atoms with Crippen molar-refractivity contribution in [3.8, 4) is 0 Å². The molecule has 1 aliphatic heterocycles. The summed E-state index contributed by atoms with van der Waals surface area (Å²) in [7, 11) is 2.11. The zero-order valence-electron chi connectivity index (χ0n) is 16.5. The number of rotatable bonds is 7. The minimum atomic E-state index is -0.0902. The zero-order valence-corrected chi connectivity index (χ0v) is 18.1. The SMILES string of the molecule is CCCN(C)Cc1cc2n(n1)CCCN(C(=O)c1cn(CCN)nn1)C2.Cl.Cl. The Hall–Kier alpha value is -1.68. The van der Waals surface area contributed by atoms with Crippen LogP contribution in [0.1, 0.15) is 41.6 Å². The van der Waals surface area contributed by atoms with Gasteiger partial charge >= 0.3 is 0 Å². The largest absolute Gasteiger partial charge is 0.331 e. The van der Waals surface area contributed by atoms with Gasteiger partial charge in [0.05, 0.1) is 30.7 Å². The molecule has 0 saturated heterocycles. The van der Waals surface area contributed by atoms with E-state index in [1.807, 2.05) is 9.58 Å². The normalized spacial score (nSPS) is 13.5. The first-order valence-electron chi connectivity index (χ1n) is 9.24. The highest BCUT2D eigenvalue weighted by Crippen LogP contribution is 2.16. The number of halogens is 2. The molecule has 2 aromatic rings. The van der Waals surface area contributed by atoms with Crippen LogP contribution in [0.5, 0.6) is 0 Å². The van der Waals surface area contributed by atoms with Crippen LogP contribution in [0.25, 0.3) is 0 Å². The number of carbonyl (C=O) groups is 1.